The highest BCUT2D eigenvalue weighted by molar-refractivity contribution is 7.89. The number of primary sulfonamides is 1. The number of nitrogens with two attached hydrogens (primary N) is 2. The molecule has 0 aromatic heterocycles. The highest BCUT2D eigenvalue weighted by Crippen LogP contribution is 2.29. The molecule has 2 aromatic carbocycles. The second-order valence-electron chi connectivity index (χ2n) is 3.80. The Morgan fingerprint density at radius 2 is 1.84 bits per heavy atom. The normalized spacial score (nSPS) is 11.3. The van der Waals surface area contributed by atoms with Crippen molar-refractivity contribution in [1.29, 1.82) is 0 Å². The molecule has 0 atom stereocenters. The minimum Gasteiger partial charge on any atom is -0.455 e. The van der Waals surface area contributed by atoms with Gasteiger partial charge in [-0.15, -0.1) is 0 Å². The fraction of sp³-hybridized carbons (Fsp3) is 0. The van der Waals surface area contributed by atoms with Crippen molar-refractivity contribution in [3.8, 4) is 11.5 Å². The third-order valence-corrected chi connectivity index (χ3v) is 3.25. The molecule has 2 aromatic rings. The molecule has 0 aliphatic rings. The second kappa shape index (κ2) is 4.87. The number of hydrogen-bond donors (Lipinski definition) is 2. The van der Waals surface area contributed by atoms with E-state index < -0.39 is 15.8 Å². The molecule has 0 aliphatic heterocycles. The van der Waals surface area contributed by atoms with Gasteiger partial charge in [0.2, 0.25) is 10.0 Å². The largest absolute Gasteiger partial charge is 0.455 e. The van der Waals surface area contributed by atoms with Crippen LogP contribution in [0.1, 0.15) is 0 Å². The molecule has 0 unspecified atom stereocenters. The summed E-state index contributed by atoms with van der Waals surface area (Å²) in [5.74, 6) is -0.172. The molecule has 0 saturated carbocycles. The minimum absolute atomic E-state index is 0.0946. The maximum Gasteiger partial charge on any atom is 0.238 e. The van der Waals surface area contributed by atoms with Crippen molar-refractivity contribution in [2.75, 3.05) is 5.73 Å². The third-order valence-electron chi connectivity index (χ3n) is 2.34. The van der Waals surface area contributed by atoms with Crippen molar-refractivity contribution >= 4 is 15.7 Å². The van der Waals surface area contributed by atoms with E-state index in [0.29, 0.717) is 0 Å². The first-order valence-corrected chi connectivity index (χ1v) is 6.76. The van der Waals surface area contributed by atoms with E-state index in [-0.39, 0.29) is 22.1 Å². The minimum atomic E-state index is -3.85. The SMILES string of the molecule is Nc1ccc(S(N)(=O)=O)cc1Oc1cccc(F)c1. The topological polar surface area (TPSA) is 95.4 Å². The van der Waals surface area contributed by atoms with Crippen molar-refractivity contribution in [2.45, 2.75) is 4.90 Å². The Morgan fingerprint density at radius 3 is 2.47 bits per heavy atom. The van der Waals surface area contributed by atoms with Crippen LogP contribution in [-0.2, 0) is 10.0 Å². The summed E-state index contributed by atoms with van der Waals surface area (Å²) in [6.07, 6.45) is 0. The van der Waals surface area contributed by atoms with Crippen LogP contribution in [0.5, 0.6) is 11.5 Å². The molecule has 0 spiro atoms. The Balaban J connectivity index is 2.40. The summed E-state index contributed by atoms with van der Waals surface area (Å²) in [5, 5.41) is 5.01. The lowest BCUT2D eigenvalue weighted by Gasteiger charge is -2.09. The first-order valence-electron chi connectivity index (χ1n) is 5.22. The molecular formula is C12H11FN2O3S. The first kappa shape index (κ1) is 13.3. The number of anilines is 1. The van der Waals surface area contributed by atoms with Gasteiger partial charge in [-0.05, 0) is 24.3 Å². The van der Waals surface area contributed by atoms with Gasteiger partial charge >= 0.3 is 0 Å². The lowest BCUT2D eigenvalue weighted by atomic mass is 10.3. The Hall–Kier alpha value is -2.12. The fourth-order valence-electron chi connectivity index (χ4n) is 1.44. The van der Waals surface area contributed by atoms with Gasteiger partial charge in [0.25, 0.3) is 0 Å². The predicted octanol–water partition coefficient (Wildman–Crippen LogP) is 1.85. The maximum atomic E-state index is 13.0. The Kier molecular flexibility index (Phi) is 3.41. The molecule has 2 rings (SSSR count). The van der Waals surface area contributed by atoms with E-state index in [2.05, 4.69) is 0 Å². The monoisotopic (exact) mass is 282 g/mol. The van der Waals surface area contributed by atoms with Gasteiger partial charge in [-0.25, -0.2) is 17.9 Å². The number of halogens is 1. The number of ether oxygens (including phenoxy) is 1. The summed E-state index contributed by atoms with van der Waals surface area (Å²) in [5.41, 5.74) is 5.88. The molecule has 0 heterocycles. The van der Waals surface area contributed by atoms with Crippen LogP contribution < -0.4 is 15.6 Å². The number of rotatable bonds is 3. The smallest absolute Gasteiger partial charge is 0.238 e. The molecule has 0 aliphatic carbocycles. The number of benzene rings is 2. The van der Waals surface area contributed by atoms with Crippen LogP contribution in [-0.4, -0.2) is 8.42 Å². The van der Waals surface area contributed by atoms with Crippen molar-refractivity contribution in [3.05, 3.63) is 48.3 Å². The molecular weight excluding hydrogens is 271 g/mol. The van der Waals surface area contributed by atoms with E-state index in [9.17, 15) is 12.8 Å². The van der Waals surface area contributed by atoms with E-state index in [0.717, 1.165) is 6.07 Å². The zero-order chi connectivity index (χ0) is 14.0. The van der Waals surface area contributed by atoms with Crippen LogP contribution in [0.2, 0.25) is 0 Å². The maximum absolute atomic E-state index is 13.0. The van der Waals surface area contributed by atoms with E-state index in [1.807, 2.05) is 0 Å². The van der Waals surface area contributed by atoms with Crippen LogP contribution in [0.4, 0.5) is 10.1 Å². The summed E-state index contributed by atoms with van der Waals surface area (Å²) in [6.45, 7) is 0. The van der Waals surface area contributed by atoms with Gasteiger partial charge in [0.05, 0.1) is 10.6 Å². The van der Waals surface area contributed by atoms with E-state index in [1.165, 1.54) is 36.4 Å². The van der Waals surface area contributed by atoms with Crippen molar-refractivity contribution in [2.24, 2.45) is 5.14 Å². The van der Waals surface area contributed by atoms with Crippen LogP contribution in [0.3, 0.4) is 0 Å². The molecule has 5 nitrogen and oxygen atoms in total. The highest BCUT2D eigenvalue weighted by atomic mass is 32.2. The van der Waals surface area contributed by atoms with Gasteiger partial charge in [-0.3, -0.25) is 0 Å². The zero-order valence-electron chi connectivity index (χ0n) is 9.71. The molecule has 19 heavy (non-hydrogen) atoms. The Labute approximate surface area is 109 Å². The van der Waals surface area contributed by atoms with E-state index in [4.69, 9.17) is 15.6 Å². The summed E-state index contributed by atoms with van der Waals surface area (Å²) >= 11 is 0. The average molecular weight is 282 g/mol. The van der Waals surface area contributed by atoms with E-state index in [1.54, 1.807) is 0 Å². The number of nitrogen functional groups attached to an aromatic ring is 1. The van der Waals surface area contributed by atoms with Gasteiger partial charge in [-0.1, -0.05) is 6.07 Å². The molecule has 0 fully saturated rings. The van der Waals surface area contributed by atoms with Crippen LogP contribution >= 0.6 is 0 Å². The molecule has 4 N–H and O–H groups in total. The van der Waals surface area contributed by atoms with Crippen LogP contribution in [0.25, 0.3) is 0 Å². The quantitative estimate of drug-likeness (QED) is 0.840. The van der Waals surface area contributed by atoms with Gasteiger partial charge in [0, 0.05) is 12.1 Å². The van der Waals surface area contributed by atoms with E-state index >= 15 is 0 Å². The molecule has 100 valence electrons. The lowest BCUT2D eigenvalue weighted by molar-refractivity contribution is 0.477. The molecule has 0 radical (unpaired) electrons. The first-order chi connectivity index (χ1) is 8.86. The fourth-order valence-corrected chi connectivity index (χ4v) is 1.97. The van der Waals surface area contributed by atoms with Gasteiger partial charge < -0.3 is 10.5 Å². The molecule has 7 heteroatoms. The highest BCUT2D eigenvalue weighted by Gasteiger charge is 2.12. The molecule has 0 saturated heterocycles. The lowest BCUT2D eigenvalue weighted by Crippen LogP contribution is -2.12. The van der Waals surface area contributed by atoms with Crippen LogP contribution in [0.15, 0.2) is 47.4 Å². The average Bonchev–Trinajstić information content (AvgIpc) is 2.30. The van der Waals surface area contributed by atoms with Crippen molar-refractivity contribution < 1.29 is 17.5 Å². The summed E-state index contributed by atoms with van der Waals surface area (Å²) in [6, 6.07) is 9.21. The standard InChI is InChI=1S/C12H11FN2O3S/c13-8-2-1-3-9(6-8)18-12-7-10(19(15,16)17)4-5-11(12)14/h1-7H,14H2,(H2,15,16,17). The van der Waals surface area contributed by atoms with Crippen LogP contribution in [0, 0.1) is 5.82 Å². The second-order valence-corrected chi connectivity index (χ2v) is 5.37. The molecule has 0 amide bonds. The molecule has 0 bridgehead atoms. The zero-order valence-corrected chi connectivity index (χ0v) is 10.5. The number of sulfonamides is 1. The summed E-state index contributed by atoms with van der Waals surface area (Å²) in [4.78, 5) is -0.131. The van der Waals surface area contributed by atoms with Gasteiger partial charge in [0.15, 0.2) is 5.75 Å². The van der Waals surface area contributed by atoms with Gasteiger partial charge in [-0.2, -0.15) is 0 Å². The van der Waals surface area contributed by atoms with Crippen molar-refractivity contribution in [3.63, 3.8) is 0 Å². The Morgan fingerprint density at radius 1 is 1.11 bits per heavy atom. The van der Waals surface area contributed by atoms with Gasteiger partial charge in [0.1, 0.15) is 11.6 Å². The predicted molar refractivity (Wildman–Crippen MR) is 68.7 cm³/mol. The Bertz CT molecular complexity index is 717. The van der Waals surface area contributed by atoms with Crippen molar-refractivity contribution in [1.82, 2.24) is 0 Å². The third kappa shape index (κ3) is 3.21. The number of hydrogen-bond acceptors (Lipinski definition) is 4. The summed E-state index contributed by atoms with van der Waals surface area (Å²) in [7, 11) is -3.85. The summed E-state index contributed by atoms with van der Waals surface area (Å²) < 4.78 is 40.8.